The minimum Gasteiger partial charge on any atom is -0.310 e. The van der Waals surface area contributed by atoms with E-state index < -0.39 is 0 Å². The highest BCUT2D eigenvalue weighted by atomic mass is 15.2. The highest BCUT2D eigenvalue weighted by Crippen LogP contribution is 2.54. The second kappa shape index (κ2) is 8.60. The Labute approximate surface area is 238 Å². The van der Waals surface area contributed by atoms with E-state index in [9.17, 15) is 0 Å². The molecule has 0 aliphatic carbocycles. The maximum atomic E-state index is 2.44. The van der Waals surface area contributed by atoms with Crippen LogP contribution in [0, 0.1) is 13.8 Å². The Balaban J connectivity index is 1.38. The second-order valence-electron chi connectivity index (χ2n) is 12.5. The van der Waals surface area contributed by atoms with E-state index >= 15 is 0 Å². The van der Waals surface area contributed by atoms with E-state index in [-0.39, 0.29) is 10.8 Å². The molecule has 5 aromatic rings. The van der Waals surface area contributed by atoms with Gasteiger partial charge in [0.05, 0.1) is 22.7 Å². The van der Waals surface area contributed by atoms with Gasteiger partial charge >= 0.3 is 0 Å². The van der Waals surface area contributed by atoms with Crippen LogP contribution in [0.25, 0.3) is 0 Å². The van der Waals surface area contributed by atoms with Gasteiger partial charge in [-0.2, -0.15) is 0 Å². The molecule has 0 radical (unpaired) electrons. The monoisotopic (exact) mass is 520 g/mol. The van der Waals surface area contributed by atoms with E-state index in [2.05, 4.69) is 161 Å². The smallest absolute Gasteiger partial charge is 0.0502 e. The molecule has 0 N–H and O–H groups in total. The van der Waals surface area contributed by atoms with Crippen molar-refractivity contribution in [1.82, 2.24) is 0 Å². The zero-order chi connectivity index (χ0) is 27.8. The van der Waals surface area contributed by atoms with Gasteiger partial charge in [-0.05, 0) is 84.6 Å². The third-order valence-corrected chi connectivity index (χ3v) is 9.14. The molecule has 2 heterocycles. The van der Waals surface area contributed by atoms with Crippen molar-refractivity contribution in [3.8, 4) is 0 Å². The Morgan fingerprint density at radius 3 is 1.18 bits per heavy atom. The average molecular weight is 521 g/mol. The molecule has 0 fully saturated rings. The predicted octanol–water partition coefficient (Wildman–Crippen LogP) is 10.5. The standard InChI is InChI=1S/C38H36N2/c1-25-15-21-35-31(23-25)38(5,6)32-24-26(2)16-22-36(32)40(35)28-19-17-27(18-20-28)39-33-13-9-7-11-29(33)37(3,4)30-12-8-10-14-34(30)39/h7-24H,1-6H3. The fourth-order valence-electron chi connectivity index (χ4n) is 6.94. The van der Waals surface area contributed by atoms with Crippen LogP contribution >= 0.6 is 0 Å². The maximum Gasteiger partial charge on any atom is 0.0502 e. The van der Waals surface area contributed by atoms with Crippen LogP contribution in [0.1, 0.15) is 61.1 Å². The zero-order valence-corrected chi connectivity index (χ0v) is 24.3. The number of hydrogen-bond acceptors (Lipinski definition) is 2. The van der Waals surface area contributed by atoms with E-state index in [0.717, 1.165) is 0 Å². The third-order valence-electron chi connectivity index (χ3n) is 9.14. The molecule has 0 unspecified atom stereocenters. The third kappa shape index (κ3) is 3.48. The van der Waals surface area contributed by atoms with Gasteiger partial charge in [-0.3, -0.25) is 0 Å². The molecular weight excluding hydrogens is 484 g/mol. The molecule has 2 heteroatoms. The first-order valence-corrected chi connectivity index (χ1v) is 14.3. The predicted molar refractivity (Wildman–Crippen MR) is 170 cm³/mol. The van der Waals surface area contributed by atoms with Gasteiger partial charge in [-0.25, -0.2) is 0 Å². The summed E-state index contributed by atoms with van der Waals surface area (Å²) in [6.07, 6.45) is 0. The minimum atomic E-state index is -0.0762. The molecule has 0 amide bonds. The van der Waals surface area contributed by atoms with Crippen LogP contribution in [0.2, 0.25) is 0 Å². The molecule has 0 bridgehead atoms. The van der Waals surface area contributed by atoms with Gasteiger partial charge < -0.3 is 9.80 Å². The van der Waals surface area contributed by atoms with Crippen molar-refractivity contribution in [2.75, 3.05) is 9.80 Å². The Bertz CT molecular complexity index is 1670. The highest BCUT2D eigenvalue weighted by Gasteiger charge is 2.38. The molecule has 0 spiro atoms. The normalized spacial score (nSPS) is 16.1. The van der Waals surface area contributed by atoms with E-state index in [1.54, 1.807) is 0 Å². The molecule has 5 aromatic carbocycles. The Morgan fingerprint density at radius 1 is 0.400 bits per heavy atom. The maximum absolute atomic E-state index is 2.44. The van der Waals surface area contributed by atoms with Crippen molar-refractivity contribution in [2.24, 2.45) is 0 Å². The summed E-state index contributed by atoms with van der Waals surface area (Å²) >= 11 is 0. The molecule has 0 saturated carbocycles. The summed E-state index contributed by atoms with van der Waals surface area (Å²) in [5, 5.41) is 0. The number of hydrogen-bond donors (Lipinski definition) is 0. The van der Waals surface area contributed by atoms with Gasteiger partial charge in [-0.1, -0.05) is 99.5 Å². The summed E-state index contributed by atoms with van der Waals surface area (Å²) in [7, 11) is 0. The van der Waals surface area contributed by atoms with Gasteiger partial charge in [0, 0.05) is 22.2 Å². The fourth-order valence-corrected chi connectivity index (χ4v) is 6.94. The number of anilines is 6. The van der Waals surface area contributed by atoms with Crippen LogP contribution in [0.4, 0.5) is 34.1 Å². The number of rotatable bonds is 2. The van der Waals surface area contributed by atoms with Crippen molar-refractivity contribution in [2.45, 2.75) is 52.4 Å². The van der Waals surface area contributed by atoms with Crippen molar-refractivity contribution < 1.29 is 0 Å². The van der Waals surface area contributed by atoms with Crippen LogP contribution in [-0.2, 0) is 10.8 Å². The molecule has 2 aliphatic heterocycles. The van der Waals surface area contributed by atoms with Crippen molar-refractivity contribution in [1.29, 1.82) is 0 Å². The van der Waals surface area contributed by atoms with Gasteiger partial charge in [0.25, 0.3) is 0 Å². The second-order valence-corrected chi connectivity index (χ2v) is 12.5. The van der Waals surface area contributed by atoms with E-state index in [1.807, 2.05) is 0 Å². The van der Waals surface area contributed by atoms with Crippen LogP contribution in [0.5, 0.6) is 0 Å². The van der Waals surface area contributed by atoms with Gasteiger partial charge in [0.15, 0.2) is 0 Å². The summed E-state index contributed by atoms with van der Waals surface area (Å²) in [5.41, 5.74) is 15.3. The Hall–Kier alpha value is -4.30. The summed E-state index contributed by atoms with van der Waals surface area (Å²) in [6.45, 7) is 13.8. The molecular formula is C38H36N2. The topological polar surface area (TPSA) is 6.48 Å². The molecule has 2 aliphatic rings. The Morgan fingerprint density at radius 2 is 0.750 bits per heavy atom. The Kier molecular flexibility index (Phi) is 5.31. The zero-order valence-electron chi connectivity index (χ0n) is 24.3. The number of aryl methyl sites for hydroxylation is 2. The summed E-state index contributed by atoms with van der Waals surface area (Å²) in [4.78, 5) is 4.87. The van der Waals surface area contributed by atoms with Gasteiger partial charge in [0.1, 0.15) is 0 Å². The van der Waals surface area contributed by atoms with Crippen LogP contribution < -0.4 is 9.80 Å². The first-order valence-electron chi connectivity index (χ1n) is 14.3. The first kappa shape index (κ1) is 24.7. The lowest BCUT2D eigenvalue weighted by atomic mass is 9.72. The quantitative estimate of drug-likeness (QED) is 0.228. The van der Waals surface area contributed by atoms with Crippen LogP contribution in [0.15, 0.2) is 109 Å². The minimum absolute atomic E-state index is 0.0616. The van der Waals surface area contributed by atoms with Crippen molar-refractivity contribution >= 4 is 34.1 Å². The van der Waals surface area contributed by atoms with Crippen molar-refractivity contribution in [3.05, 3.63) is 143 Å². The molecule has 7 rings (SSSR count). The first-order chi connectivity index (χ1) is 19.2. The molecule has 0 saturated heterocycles. The van der Waals surface area contributed by atoms with E-state index in [1.165, 1.54) is 67.5 Å². The molecule has 40 heavy (non-hydrogen) atoms. The number of benzene rings is 5. The van der Waals surface area contributed by atoms with Crippen LogP contribution in [0.3, 0.4) is 0 Å². The lowest BCUT2D eigenvalue weighted by Crippen LogP contribution is -2.31. The number of para-hydroxylation sites is 2. The molecule has 2 nitrogen and oxygen atoms in total. The lowest BCUT2D eigenvalue weighted by molar-refractivity contribution is 0.630. The van der Waals surface area contributed by atoms with E-state index in [4.69, 9.17) is 0 Å². The largest absolute Gasteiger partial charge is 0.310 e. The number of fused-ring (bicyclic) bond motifs is 4. The molecule has 0 atom stereocenters. The highest BCUT2D eigenvalue weighted by molar-refractivity contribution is 5.89. The SMILES string of the molecule is Cc1ccc2c(c1)C(C)(C)c1cc(C)ccc1N2c1ccc(N2c3ccccc3C(C)(C)c3ccccc32)cc1. The van der Waals surface area contributed by atoms with Crippen molar-refractivity contribution in [3.63, 3.8) is 0 Å². The fraction of sp³-hybridized carbons (Fsp3) is 0.211. The van der Waals surface area contributed by atoms with Gasteiger partial charge in [0.2, 0.25) is 0 Å². The van der Waals surface area contributed by atoms with Gasteiger partial charge in [-0.15, -0.1) is 0 Å². The summed E-state index contributed by atoms with van der Waals surface area (Å²) in [6, 6.07) is 40.6. The lowest BCUT2D eigenvalue weighted by Gasteiger charge is -2.43. The summed E-state index contributed by atoms with van der Waals surface area (Å²) < 4.78 is 0. The molecule has 198 valence electrons. The number of nitrogens with zero attached hydrogens (tertiary/aromatic N) is 2. The van der Waals surface area contributed by atoms with Crippen LogP contribution in [-0.4, -0.2) is 0 Å². The molecule has 0 aromatic heterocycles. The summed E-state index contributed by atoms with van der Waals surface area (Å²) in [5.74, 6) is 0. The average Bonchev–Trinajstić information content (AvgIpc) is 2.95. The van der Waals surface area contributed by atoms with E-state index in [0.29, 0.717) is 0 Å².